The van der Waals surface area contributed by atoms with Crippen LogP contribution in [0.5, 0.6) is 5.75 Å². The Kier molecular flexibility index (Phi) is 4.42. The van der Waals surface area contributed by atoms with Crippen molar-refractivity contribution in [2.75, 3.05) is 5.32 Å². The third-order valence-electron chi connectivity index (χ3n) is 3.99. The minimum absolute atomic E-state index is 0.0888. The second-order valence-electron chi connectivity index (χ2n) is 5.83. The van der Waals surface area contributed by atoms with Gasteiger partial charge in [0.25, 0.3) is 0 Å². The lowest BCUT2D eigenvalue weighted by molar-refractivity contribution is -0.117. The third-order valence-corrected chi connectivity index (χ3v) is 3.99. The Morgan fingerprint density at radius 1 is 1.29 bits per heavy atom. The molecule has 1 N–H and O–H groups in total. The highest BCUT2D eigenvalue weighted by Gasteiger charge is 2.44. The molecule has 1 amide bonds. The largest absolute Gasteiger partial charge is 0.435 e. The highest BCUT2D eigenvalue weighted by atomic mass is 19.3. The van der Waals surface area contributed by atoms with Crippen molar-refractivity contribution in [2.45, 2.75) is 32.8 Å². The molecule has 3 rings (SSSR count). The van der Waals surface area contributed by atoms with Gasteiger partial charge in [0.05, 0.1) is 0 Å². The highest BCUT2D eigenvalue weighted by molar-refractivity contribution is 5.95. The maximum atomic E-state index is 12.3. The zero-order valence-electron chi connectivity index (χ0n) is 13.3. The van der Waals surface area contributed by atoms with E-state index in [0.29, 0.717) is 11.6 Å². The van der Waals surface area contributed by atoms with Crippen LogP contribution < -0.4 is 10.1 Å². The van der Waals surface area contributed by atoms with Gasteiger partial charge >= 0.3 is 6.61 Å². The van der Waals surface area contributed by atoms with Gasteiger partial charge < -0.3 is 10.1 Å². The Bertz CT molecular complexity index is 750. The van der Waals surface area contributed by atoms with Gasteiger partial charge in [0.15, 0.2) is 0 Å². The first-order chi connectivity index (χ1) is 11.4. The molecule has 0 saturated heterocycles. The molecule has 1 saturated carbocycles. The van der Waals surface area contributed by atoms with Gasteiger partial charge in [-0.15, -0.1) is 0 Å². The topological polar surface area (TPSA) is 64.1 Å². The number of amides is 1. The van der Waals surface area contributed by atoms with E-state index in [2.05, 4.69) is 20.0 Å². The Labute approximate surface area is 138 Å². The molecule has 2 atom stereocenters. The number of aromatic nitrogens is 2. The summed E-state index contributed by atoms with van der Waals surface area (Å²) in [6.07, 6.45) is 2.40. The zero-order valence-corrected chi connectivity index (χ0v) is 13.3. The average Bonchev–Trinajstić information content (AvgIpc) is 3.32. The van der Waals surface area contributed by atoms with Crippen LogP contribution in [0.4, 0.5) is 14.6 Å². The maximum Gasteiger partial charge on any atom is 0.387 e. The minimum Gasteiger partial charge on any atom is -0.435 e. The van der Waals surface area contributed by atoms with Gasteiger partial charge in [0, 0.05) is 17.7 Å². The lowest BCUT2D eigenvalue weighted by Crippen LogP contribution is -2.17. The van der Waals surface area contributed by atoms with Crippen molar-refractivity contribution < 1.29 is 18.3 Å². The summed E-state index contributed by atoms with van der Waals surface area (Å²) < 4.78 is 28.6. The van der Waals surface area contributed by atoms with Gasteiger partial charge in [-0.25, -0.2) is 9.97 Å². The van der Waals surface area contributed by atoms with Crippen LogP contribution in [0.25, 0.3) is 0 Å². The lowest BCUT2D eigenvalue weighted by Gasteiger charge is -2.08. The third kappa shape index (κ3) is 3.67. The molecule has 2 aromatic rings. The molecule has 1 heterocycles. The fraction of sp³-hybridized carbons (Fsp3) is 0.353. The molecule has 24 heavy (non-hydrogen) atoms. The number of anilines is 1. The van der Waals surface area contributed by atoms with Crippen LogP contribution in [-0.4, -0.2) is 22.5 Å². The number of nitrogens with zero attached hydrogens (tertiary/aromatic N) is 2. The normalized spacial score (nSPS) is 19.2. The number of hydrogen-bond donors (Lipinski definition) is 1. The van der Waals surface area contributed by atoms with E-state index in [1.807, 2.05) is 6.92 Å². The molecule has 1 fully saturated rings. The van der Waals surface area contributed by atoms with Crippen molar-refractivity contribution in [3.8, 4) is 5.75 Å². The molecule has 0 unspecified atom stereocenters. The minimum atomic E-state index is -2.84. The summed E-state index contributed by atoms with van der Waals surface area (Å²) in [5.41, 5.74) is 1.74. The number of rotatable bonds is 5. The van der Waals surface area contributed by atoms with E-state index < -0.39 is 6.61 Å². The van der Waals surface area contributed by atoms with Gasteiger partial charge in [-0.1, -0.05) is 12.1 Å². The quantitative estimate of drug-likeness (QED) is 0.910. The van der Waals surface area contributed by atoms with Crippen LogP contribution in [0.3, 0.4) is 0 Å². The molecule has 1 aromatic heterocycles. The molecule has 126 valence electrons. The van der Waals surface area contributed by atoms with Crippen LogP contribution in [0.1, 0.15) is 29.3 Å². The van der Waals surface area contributed by atoms with Crippen LogP contribution in [0.15, 0.2) is 30.5 Å². The molecule has 0 radical (unpaired) electrons. The average molecular weight is 333 g/mol. The van der Waals surface area contributed by atoms with E-state index in [9.17, 15) is 13.6 Å². The smallest absolute Gasteiger partial charge is 0.387 e. The van der Waals surface area contributed by atoms with Crippen LogP contribution in [-0.2, 0) is 4.79 Å². The number of halogens is 2. The first-order valence-electron chi connectivity index (χ1n) is 7.60. The Morgan fingerprint density at radius 3 is 2.67 bits per heavy atom. The van der Waals surface area contributed by atoms with Crippen LogP contribution >= 0.6 is 0 Å². The fourth-order valence-corrected chi connectivity index (χ4v) is 2.62. The Balaban J connectivity index is 1.62. The maximum absolute atomic E-state index is 12.3. The number of carbonyl (C=O) groups excluding carboxylic acids is 1. The van der Waals surface area contributed by atoms with Gasteiger partial charge in [-0.05, 0) is 43.9 Å². The van der Waals surface area contributed by atoms with E-state index in [1.165, 1.54) is 12.1 Å². The van der Waals surface area contributed by atoms with Crippen molar-refractivity contribution in [3.63, 3.8) is 0 Å². The molecule has 0 spiro atoms. The fourth-order valence-electron chi connectivity index (χ4n) is 2.62. The number of benzene rings is 1. The zero-order chi connectivity index (χ0) is 17.3. The first-order valence-corrected chi connectivity index (χ1v) is 7.60. The summed E-state index contributed by atoms with van der Waals surface area (Å²) in [6, 6.07) is 6.42. The summed E-state index contributed by atoms with van der Waals surface area (Å²) in [5, 5.41) is 2.84. The van der Waals surface area contributed by atoms with Gasteiger partial charge in [0.2, 0.25) is 5.91 Å². The first kappa shape index (κ1) is 16.3. The van der Waals surface area contributed by atoms with Gasteiger partial charge in [-0.3, -0.25) is 4.79 Å². The Morgan fingerprint density at radius 2 is 2.00 bits per heavy atom. The van der Waals surface area contributed by atoms with Crippen molar-refractivity contribution in [1.29, 1.82) is 0 Å². The van der Waals surface area contributed by atoms with Crippen molar-refractivity contribution in [3.05, 3.63) is 47.4 Å². The number of alkyl halides is 2. The molecular weight excluding hydrogens is 316 g/mol. The van der Waals surface area contributed by atoms with Crippen LogP contribution in [0.2, 0.25) is 0 Å². The summed E-state index contributed by atoms with van der Waals surface area (Å²) in [7, 11) is 0. The predicted molar refractivity (Wildman–Crippen MR) is 84.1 cm³/mol. The molecule has 1 aliphatic carbocycles. The number of carbonyl (C=O) groups is 1. The molecular formula is C17H17F2N3O2. The number of hydrogen-bond acceptors (Lipinski definition) is 4. The van der Waals surface area contributed by atoms with E-state index in [0.717, 1.165) is 17.5 Å². The number of aryl methyl sites for hydroxylation is 2. The van der Waals surface area contributed by atoms with E-state index >= 15 is 0 Å². The summed E-state index contributed by atoms with van der Waals surface area (Å²) in [4.78, 5) is 20.6. The molecule has 0 bridgehead atoms. The highest BCUT2D eigenvalue weighted by Crippen LogP contribution is 2.48. The molecule has 7 heteroatoms. The second-order valence-corrected chi connectivity index (χ2v) is 5.83. The van der Waals surface area contributed by atoms with E-state index in [1.54, 1.807) is 25.3 Å². The SMILES string of the molecule is Cc1ncc(C)c(NC(=O)[C@@H]2C[C@H]2c2ccc(OC(F)F)cc2)n1. The van der Waals surface area contributed by atoms with Crippen LogP contribution in [0, 0.1) is 19.8 Å². The van der Waals surface area contributed by atoms with Crippen molar-refractivity contribution in [1.82, 2.24) is 9.97 Å². The summed E-state index contributed by atoms with van der Waals surface area (Å²) in [6.45, 7) is 0.758. The van der Waals surface area contributed by atoms with Crippen molar-refractivity contribution >= 4 is 11.7 Å². The van der Waals surface area contributed by atoms with Gasteiger partial charge in [-0.2, -0.15) is 8.78 Å². The summed E-state index contributed by atoms with van der Waals surface area (Å²) in [5.74, 6) is 1.10. The monoisotopic (exact) mass is 333 g/mol. The molecule has 1 aliphatic rings. The molecule has 5 nitrogen and oxygen atoms in total. The molecule has 0 aliphatic heterocycles. The van der Waals surface area contributed by atoms with E-state index in [4.69, 9.17) is 0 Å². The predicted octanol–water partition coefficient (Wildman–Crippen LogP) is 3.44. The van der Waals surface area contributed by atoms with Crippen molar-refractivity contribution in [2.24, 2.45) is 5.92 Å². The standard InChI is InChI=1S/C17H17F2N3O2/c1-9-8-20-10(2)21-15(9)22-16(23)14-7-13(14)11-3-5-12(6-4-11)24-17(18)19/h3-6,8,13-14,17H,7H2,1-2H3,(H,20,21,22,23)/t13-,14+/m0/s1. The molecule has 1 aromatic carbocycles. The summed E-state index contributed by atoms with van der Waals surface area (Å²) >= 11 is 0. The van der Waals surface area contributed by atoms with E-state index in [-0.39, 0.29) is 23.5 Å². The number of nitrogens with one attached hydrogen (secondary N) is 1. The lowest BCUT2D eigenvalue weighted by atomic mass is 10.1. The Hall–Kier alpha value is -2.57. The number of ether oxygens (including phenoxy) is 1. The second kappa shape index (κ2) is 6.51. The van der Waals surface area contributed by atoms with Gasteiger partial charge in [0.1, 0.15) is 17.4 Å².